The summed E-state index contributed by atoms with van der Waals surface area (Å²) < 4.78 is 41.8. The summed E-state index contributed by atoms with van der Waals surface area (Å²) >= 11 is 0. The van der Waals surface area contributed by atoms with Gasteiger partial charge in [0.25, 0.3) is 5.91 Å². The molecule has 1 aromatic rings. The minimum Gasteiger partial charge on any atom is -0.484 e. The molecule has 0 radical (unpaired) electrons. The van der Waals surface area contributed by atoms with Gasteiger partial charge in [0.2, 0.25) is 0 Å². The number of aliphatic carboxylic acids is 1. The Hall–Kier alpha value is -2.25. The van der Waals surface area contributed by atoms with Gasteiger partial charge in [-0.15, -0.1) is 0 Å². The fourth-order valence-corrected chi connectivity index (χ4v) is 1.23. The molecule has 0 bridgehead atoms. The maximum absolute atomic E-state index is 12.3. The molecule has 2 N–H and O–H groups in total. The zero-order valence-corrected chi connectivity index (χ0v) is 10.4. The van der Waals surface area contributed by atoms with Crippen molar-refractivity contribution >= 4 is 11.9 Å². The zero-order chi connectivity index (χ0) is 15.3. The molecule has 1 aromatic carbocycles. The quantitative estimate of drug-likeness (QED) is 0.865. The number of hydrogen-bond acceptors (Lipinski definition) is 3. The monoisotopic (exact) mass is 291 g/mol. The number of ether oxygens (including phenoxy) is 1. The van der Waals surface area contributed by atoms with Crippen molar-refractivity contribution in [3.8, 4) is 5.75 Å². The van der Waals surface area contributed by atoms with Crippen molar-refractivity contribution in [2.75, 3.05) is 6.61 Å². The molecule has 0 aliphatic rings. The molecule has 5 nitrogen and oxygen atoms in total. The van der Waals surface area contributed by atoms with E-state index >= 15 is 0 Å². The maximum Gasteiger partial charge on any atom is 0.416 e. The molecular formula is C12H12F3NO4. The molecule has 20 heavy (non-hydrogen) atoms. The minimum atomic E-state index is -4.44. The second-order valence-electron chi connectivity index (χ2n) is 3.94. The number of benzene rings is 1. The van der Waals surface area contributed by atoms with Gasteiger partial charge in [0.15, 0.2) is 6.61 Å². The Morgan fingerprint density at radius 2 is 1.85 bits per heavy atom. The molecule has 0 saturated carbocycles. The average molecular weight is 291 g/mol. The second-order valence-corrected chi connectivity index (χ2v) is 3.94. The molecule has 0 fully saturated rings. The van der Waals surface area contributed by atoms with E-state index in [1.165, 1.54) is 6.92 Å². The van der Waals surface area contributed by atoms with E-state index in [1.54, 1.807) is 0 Å². The lowest BCUT2D eigenvalue weighted by Crippen LogP contribution is -2.40. The standard InChI is InChI=1S/C12H12F3NO4/c1-7(11(18)19)16-10(17)6-20-9-4-2-8(3-5-9)12(13,14)15/h2-5,7H,6H2,1H3,(H,16,17)(H,18,19). The van der Waals surface area contributed by atoms with Crippen molar-refractivity contribution in [2.24, 2.45) is 0 Å². The third-order valence-electron chi connectivity index (χ3n) is 2.30. The summed E-state index contributed by atoms with van der Waals surface area (Å²) in [5.74, 6) is -1.80. The van der Waals surface area contributed by atoms with E-state index in [4.69, 9.17) is 9.84 Å². The molecule has 1 unspecified atom stereocenters. The lowest BCUT2D eigenvalue weighted by Gasteiger charge is -2.11. The van der Waals surface area contributed by atoms with Crippen molar-refractivity contribution in [3.05, 3.63) is 29.8 Å². The highest BCUT2D eigenvalue weighted by atomic mass is 19.4. The number of carboxylic acid groups (broad SMARTS) is 1. The maximum atomic E-state index is 12.3. The second kappa shape index (κ2) is 6.27. The van der Waals surface area contributed by atoms with Crippen LogP contribution >= 0.6 is 0 Å². The van der Waals surface area contributed by atoms with E-state index in [2.05, 4.69) is 5.32 Å². The molecule has 0 saturated heterocycles. The summed E-state index contributed by atoms with van der Waals surface area (Å²) in [6.45, 7) is 0.793. The number of halogens is 3. The highest BCUT2D eigenvalue weighted by molar-refractivity contribution is 5.84. The summed E-state index contributed by atoms with van der Waals surface area (Å²) in [5.41, 5.74) is -0.825. The number of amides is 1. The molecule has 0 heterocycles. The van der Waals surface area contributed by atoms with E-state index in [0.717, 1.165) is 24.3 Å². The van der Waals surface area contributed by atoms with Crippen LogP contribution in [0.5, 0.6) is 5.75 Å². The van der Waals surface area contributed by atoms with Gasteiger partial charge in [0.1, 0.15) is 11.8 Å². The molecular weight excluding hydrogens is 279 g/mol. The fraction of sp³-hybridized carbons (Fsp3) is 0.333. The largest absolute Gasteiger partial charge is 0.484 e. The summed E-state index contributed by atoms with van der Waals surface area (Å²) in [6.07, 6.45) is -4.44. The molecule has 0 aromatic heterocycles. The number of carboxylic acids is 1. The van der Waals surface area contributed by atoms with Crippen LogP contribution in [0.25, 0.3) is 0 Å². The average Bonchev–Trinajstić information content (AvgIpc) is 2.35. The topological polar surface area (TPSA) is 75.6 Å². The smallest absolute Gasteiger partial charge is 0.416 e. The number of rotatable bonds is 5. The van der Waals surface area contributed by atoms with Gasteiger partial charge in [0.05, 0.1) is 5.56 Å². The van der Waals surface area contributed by atoms with E-state index in [0.29, 0.717) is 0 Å². The van der Waals surface area contributed by atoms with Crippen molar-refractivity contribution in [1.82, 2.24) is 5.32 Å². The first-order valence-electron chi connectivity index (χ1n) is 5.52. The summed E-state index contributed by atoms with van der Waals surface area (Å²) in [7, 11) is 0. The molecule has 8 heteroatoms. The predicted octanol–water partition coefficient (Wildman–Crippen LogP) is 1.67. The van der Waals surface area contributed by atoms with Crippen LogP contribution in [-0.2, 0) is 15.8 Å². The van der Waals surface area contributed by atoms with Crippen LogP contribution in [0, 0.1) is 0 Å². The van der Waals surface area contributed by atoms with Gasteiger partial charge in [-0.25, -0.2) is 0 Å². The normalized spacial score (nSPS) is 12.6. The van der Waals surface area contributed by atoms with Crippen molar-refractivity contribution in [1.29, 1.82) is 0 Å². The Labute approximate surface area is 112 Å². The Kier molecular flexibility index (Phi) is 4.95. The van der Waals surface area contributed by atoms with Crippen LogP contribution in [0.4, 0.5) is 13.2 Å². The van der Waals surface area contributed by atoms with Gasteiger partial charge in [-0.1, -0.05) is 0 Å². The third-order valence-corrected chi connectivity index (χ3v) is 2.30. The van der Waals surface area contributed by atoms with Crippen molar-refractivity contribution in [3.63, 3.8) is 0 Å². The Morgan fingerprint density at radius 3 is 2.30 bits per heavy atom. The molecule has 1 rings (SSSR count). The molecule has 0 aliphatic carbocycles. The zero-order valence-electron chi connectivity index (χ0n) is 10.4. The highest BCUT2D eigenvalue weighted by Crippen LogP contribution is 2.30. The number of nitrogens with one attached hydrogen (secondary N) is 1. The lowest BCUT2D eigenvalue weighted by molar-refractivity contribution is -0.141. The first-order valence-corrected chi connectivity index (χ1v) is 5.52. The number of hydrogen-bond donors (Lipinski definition) is 2. The van der Waals surface area contributed by atoms with Crippen LogP contribution in [0.2, 0.25) is 0 Å². The number of carbonyl (C=O) groups excluding carboxylic acids is 1. The molecule has 1 atom stereocenters. The Bertz CT molecular complexity index is 484. The van der Waals surface area contributed by atoms with Crippen molar-refractivity contribution in [2.45, 2.75) is 19.1 Å². The van der Waals surface area contributed by atoms with E-state index in [9.17, 15) is 22.8 Å². The number of alkyl halides is 3. The first kappa shape index (κ1) is 15.8. The Balaban J connectivity index is 2.50. The van der Waals surface area contributed by atoms with Crippen LogP contribution in [-0.4, -0.2) is 29.6 Å². The van der Waals surface area contributed by atoms with E-state index < -0.39 is 36.3 Å². The van der Waals surface area contributed by atoms with Gasteiger partial charge < -0.3 is 15.2 Å². The number of carbonyl (C=O) groups is 2. The van der Waals surface area contributed by atoms with Gasteiger partial charge in [-0.2, -0.15) is 13.2 Å². The van der Waals surface area contributed by atoms with Crippen LogP contribution in [0.1, 0.15) is 12.5 Å². The summed E-state index contributed by atoms with van der Waals surface area (Å²) in [4.78, 5) is 21.8. The van der Waals surface area contributed by atoms with Gasteiger partial charge >= 0.3 is 12.1 Å². The molecule has 0 spiro atoms. The molecule has 0 aliphatic heterocycles. The lowest BCUT2D eigenvalue weighted by atomic mass is 10.2. The highest BCUT2D eigenvalue weighted by Gasteiger charge is 2.30. The van der Waals surface area contributed by atoms with Gasteiger partial charge in [-0.05, 0) is 31.2 Å². The summed E-state index contributed by atoms with van der Waals surface area (Å²) in [5, 5.41) is 10.7. The van der Waals surface area contributed by atoms with E-state index in [1.807, 2.05) is 0 Å². The fourth-order valence-electron chi connectivity index (χ4n) is 1.23. The molecule has 1 amide bonds. The van der Waals surface area contributed by atoms with E-state index in [-0.39, 0.29) is 5.75 Å². The first-order chi connectivity index (χ1) is 9.20. The third kappa shape index (κ3) is 4.79. The van der Waals surface area contributed by atoms with Gasteiger partial charge in [0, 0.05) is 0 Å². The predicted molar refractivity (Wildman–Crippen MR) is 62.2 cm³/mol. The van der Waals surface area contributed by atoms with Crippen molar-refractivity contribution < 1.29 is 32.6 Å². The van der Waals surface area contributed by atoms with Gasteiger partial charge in [-0.3, -0.25) is 9.59 Å². The summed E-state index contributed by atoms with van der Waals surface area (Å²) in [6, 6.07) is 2.74. The van der Waals surface area contributed by atoms with Crippen LogP contribution in [0.3, 0.4) is 0 Å². The minimum absolute atomic E-state index is 0.0797. The Morgan fingerprint density at radius 1 is 1.30 bits per heavy atom. The van der Waals surface area contributed by atoms with Crippen LogP contribution in [0.15, 0.2) is 24.3 Å². The molecule has 110 valence electrons. The SMILES string of the molecule is CC(NC(=O)COc1ccc(C(F)(F)F)cc1)C(=O)O. The van der Waals surface area contributed by atoms with Crippen LogP contribution < -0.4 is 10.1 Å².